The smallest absolute Gasteiger partial charge is 0.343 e. The van der Waals surface area contributed by atoms with Gasteiger partial charge in [-0.05, 0) is 50.0 Å². The Bertz CT molecular complexity index is 533. The number of methoxy groups -OCH3 is 1. The third kappa shape index (κ3) is 6.65. The molecule has 1 aliphatic heterocycles. The van der Waals surface area contributed by atoms with Gasteiger partial charge in [0.15, 0.2) is 6.61 Å². The third-order valence-corrected chi connectivity index (χ3v) is 4.34. The number of benzene rings is 1. The van der Waals surface area contributed by atoms with E-state index in [1.54, 1.807) is 0 Å². The molecule has 0 saturated carbocycles. The number of morpholine rings is 1. The van der Waals surface area contributed by atoms with Gasteiger partial charge in [0.05, 0.1) is 20.3 Å². The van der Waals surface area contributed by atoms with Crippen molar-refractivity contribution in [1.29, 1.82) is 0 Å². The van der Waals surface area contributed by atoms with E-state index in [4.69, 9.17) is 9.47 Å². The van der Waals surface area contributed by atoms with Crippen LogP contribution in [0.3, 0.4) is 0 Å². The predicted molar refractivity (Wildman–Crippen MR) is 97.0 cm³/mol. The number of nitrogens with zero attached hydrogens (tertiary/aromatic N) is 1. The second kappa shape index (κ2) is 10.4. The van der Waals surface area contributed by atoms with Gasteiger partial charge >= 0.3 is 5.97 Å². The molecule has 6 heteroatoms. The molecular formula is C19H30N2O4. The molecule has 1 fully saturated rings. The minimum absolute atomic E-state index is 0.0582. The summed E-state index contributed by atoms with van der Waals surface area (Å²) in [6.07, 6.45) is 1.14. The maximum absolute atomic E-state index is 11.2. The Morgan fingerprint density at radius 1 is 1.24 bits per heavy atom. The molecule has 1 N–H and O–H groups in total. The first-order chi connectivity index (χ1) is 12.1. The zero-order chi connectivity index (χ0) is 18.1. The maximum Gasteiger partial charge on any atom is 0.343 e. The van der Waals surface area contributed by atoms with Gasteiger partial charge in [0.2, 0.25) is 0 Å². The topological polar surface area (TPSA) is 60.0 Å². The first-order valence-corrected chi connectivity index (χ1v) is 8.90. The Morgan fingerprint density at radius 3 is 2.56 bits per heavy atom. The van der Waals surface area contributed by atoms with Crippen molar-refractivity contribution >= 4 is 5.97 Å². The first kappa shape index (κ1) is 19.7. The summed E-state index contributed by atoms with van der Waals surface area (Å²) in [5, 5.41) is 3.50. The van der Waals surface area contributed by atoms with E-state index >= 15 is 0 Å². The van der Waals surface area contributed by atoms with Gasteiger partial charge in [0.1, 0.15) is 5.75 Å². The van der Waals surface area contributed by atoms with Crippen LogP contribution < -0.4 is 10.1 Å². The Hall–Kier alpha value is -1.63. The highest BCUT2D eigenvalue weighted by atomic mass is 16.6. The average molecular weight is 350 g/mol. The summed E-state index contributed by atoms with van der Waals surface area (Å²) in [6.45, 7) is 10.7. The molecule has 2 rings (SSSR count). The molecule has 1 heterocycles. The molecule has 0 unspecified atom stereocenters. The summed E-state index contributed by atoms with van der Waals surface area (Å²) in [5.41, 5.74) is 3.30. The first-order valence-electron chi connectivity index (χ1n) is 8.90. The van der Waals surface area contributed by atoms with Crippen molar-refractivity contribution < 1.29 is 19.0 Å². The van der Waals surface area contributed by atoms with Gasteiger partial charge in [-0.3, -0.25) is 4.90 Å². The number of ether oxygens (including phenoxy) is 3. The SMILES string of the molecule is COC(=O)COc1c(C)cc(CNCCCN2CCOCC2)cc1C. The van der Waals surface area contributed by atoms with Crippen molar-refractivity contribution in [1.82, 2.24) is 10.2 Å². The zero-order valence-electron chi connectivity index (χ0n) is 15.6. The second-order valence-corrected chi connectivity index (χ2v) is 6.41. The van der Waals surface area contributed by atoms with E-state index in [2.05, 4.69) is 27.1 Å². The molecule has 25 heavy (non-hydrogen) atoms. The van der Waals surface area contributed by atoms with Crippen LogP contribution in [0.15, 0.2) is 12.1 Å². The highest BCUT2D eigenvalue weighted by Gasteiger charge is 2.10. The van der Waals surface area contributed by atoms with E-state index in [1.807, 2.05) is 13.8 Å². The van der Waals surface area contributed by atoms with Crippen LogP contribution in [0.1, 0.15) is 23.1 Å². The van der Waals surface area contributed by atoms with E-state index in [-0.39, 0.29) is 12.6 Å². The Morgan fingerprint density at radius 2 is 1.92 bits per heavy atom. The van der Waals surface area contributed by atoms with Gasteiger partial charge in [-0.15, -0.1) is 0 Å². The van der Waals surface area contributed by atoms with Gasteiger partial charge in [0, 0.05) is 19.6 Å². The molecule has 1 aliphatic rings. The van der Waals surface area contributed by atoms with E-state index in [0.29, 0.717) is 0 Å². The predicted octanol–water partition coefficient (Wildman–Crippen LogP) is 1.67. The van der Waals surface area contributed by atoms with Crippen LogP contribution in [0.5, 0.6) is 5.75 Å². The molecule has 0 radical (unpaired) electrons. The van der Waals surface area contributed by atoms with Crippen LogP contribution in [0.25, 0.3) is 0 Å². The summed E-state index contributed by atoms with van der Waals surface area (Å²) in [4.78, 5) is 13.7. The number of nitrogens with one attached hydrogen (secondary N) is 1. The fourth-order valence-corrected chi connectivity index (χ4v) is 3.04. The third-order valence-electron chi connectivity index (χ3n) is 4.34. The van der Waals surface area contributed by atoms with Crippen molar-refractivity contribution in [3.8, 4) is 5.75 Å². The van der Waals surface area contributed by atoms with Gasteiger partial charge < -0.3 is 19.5 Å². The van der Waals surface area contributed by atoms with Crippen LogP contribution in [0.2, 0.25) is 0 Å². The molecule has 1 saturated heterocycles. The fraction of sp³-hybridized carbons (Fsp3) is 0.632. The van der Waals surface area contributed by atoms with Crippen molar-refractivity contribution in [3.63, 3.8) is 0 Å². The summed E-state index contributed by atoms with van der Waals surface area (Å²) < 4.78 is 15.5. The Kier molecular flexibility index (Phi) is 8.18. The largest absolute Gasteiger partial charge is 0.481 e. The highest BCUT2D eigenvalue weighted by Crippen LogP contribution is 2.24. The zero-order valence-corrected chi connectivity index (χ0v) is 15.6. The summed E-state index contributed by atoms with van der Waals surface area (Å²) in [5.74, 6) is 0.395. The molecule has 0 atom stereocenters. The Labute approximate surface area is 150 Å². The fourth-order valence-electron chi connectivity index (χ4n) is 3.04. The molecule has 0 bridgehead atoms. The molecular weight excluding hydrogens is 320 g/mol. The van der Waals surface area contributed by atoms with Crippen molar-refractivity contribution in [2.75, 3.05) is 53.1 Å². The average Bonchev–Trinajstić information content (AvgIpc) is 2.61. The van der Waals surface area contributed by atoms with E-state index < -0.39 is 0 Å². The molecule has 1 aromatic rings. The minimum atomic E-state index is -0.371. The lowest BCUT2D eigenvalue weighted by Gasteiger charge is -2.26. The standard InChI is InChI=1S/C19H30N2O4/c1-15-11-17(12-16(2)19(15)25-14-18(22)23-3)13-20-5-4-6-21-7-9-24-10-8-21/h11-12,20H,4-10,13-14H2,1-3H3. The Balaban J connectivity index is 1.73. The number of rotatable bonds is 9. The number of carbonyl (C=O) groups excluding carboxylic acids is 1. The van der Waals surface area contributed by atoms with Gasteiger partial charge in [0.25, 0.3) is 0 Å². The molecule has 6 nitrogen and oxygen atoms in total. The van der Waals surface area contributed by atoms with Crippen LogP contribution in [0, 0.1) is 13.8 Å². The number of carbonyl (C=O) groups is 1. The van der Waals surface area contributed by atoms with E-state index in [9.17, 15) is 4.79 Å². The van der Waals surface area contributed by atoms with Crippen LogP contribution in [-0.2, 0) is 20.8 Å². The van der Waals surface area contributed by atoms with Gasteiger partial charge in [-0.1, -0.05) is 12.1 Å². The van der Waals surface area contributed by atoms with Gasteiger partial charge in [-0.2, -0.15) is 0 Å². The molecule has 0 aromatic heterocycles. The highest BCUT2D eigenvalue weighted by molar-refractivity contribution is 5.71. The summed E-state index contributed by atoms with van der Waals surface area (Å²) >= 11 is 0. The second-order valence-electron chi connectivity index (χ2n) is 6.41. The monoisotopic (exact) mass is 350 g/mol. The van der Waals surface area contributed by atoms with Crippen molar-refractivity contribution in [2.24, 2.45) is 0 Å². The molecule has 1 aromatic carbocycles. The van der Waals surface area contributed by atoms with Crippen molar-refractivity contribution in [3.05, 3.63) is 28.8 Å². The maximum atomic E-state index is 11.2. The number of aryl methyl sites for hydroxylation is 2. The molecule has 0 aliphatic carbocycles. The van der Waals surface area contributed by atoms with Crippen LogP contribution in [0.4, 0.5) is 0 Å². The van der Waals surface area contributed by atoms with Crippen LogP contribution in [-0.4, -0.2) is 64.0 Å². The summed E-state index contributed by atoms with van der Waals surface area (Å²) in [7, 11) is 1.36. The van der Waals surface area contributed by atoms with Gasteiger partial charge in [-0.25, -0.2) is 4.79 Å². The molecule has 140 valence electrons. The lowest BCUT2D eigenvalue weighted by atomic mass is 10.1. The number of esters is 1. The quantitative estimate of drug-likeness (QED) is 0.540. The number of hydrogen-bond acceptors (Lipinski definition) is 6. The van der Waals surface area contributed by atoms with E-state index in [0.717, 1.165) is 69.2 Å². The normalized spacial score (nSPS) is 15.2. The minimum Gasteiger partial charge on any atom is -0.481 e. The van der Waals surface area contributed by atoms with Crippen LogP contribution >= 0.6 is 0 Å². The number of hydrogen-bond donors (Lipinski definition) is 1. The lowest BCUT2D eigenvalue weighted by molar-refractivity contribution is -0.142. The lowest BCUT2D eigenvalue weighted by Crippen LogP contribution is -2.37. The van der Waals surface area contributed by atoms with E-state index in [1.165, 1.54) is 12.7 Å². The summed E-state index contributed by atoms with van der Waals surface area (Å²) in [6, 6.07) is 4.21. The molecule has 0 spiro atoms. The molecule has 0 amide bonds. The van der Waals surface area contributed by atoms with Crippen molar-refractivity contribution in [2.45, 2.75) is 26.8 Å².